The molecule has 0 unspecified atom stereocenters. The Balaban J connectivity index is 2.24. The number of pyridine rings is 1. The van der Waals surface area contributed by atoms with Gasteiger partial charge in [-0.15, -0.1) is 0 Å². The van der Waals surface area contributed by atoms with Crippen molar-refractivity contribution in [3.8, 4) is 17.1 Å². The van der Waals surface area contributed by atoms with Gasteiger partial charge in [0.15, 0.2) is 11.6 Å². The van der Waals surface area contributed by atoms with Crippen LogP contribution >= 0.6 is 11.6 Å². The van der Waals surface area contributed by atoms with Crippen LogP contribution in [0.1, 0.15) is 26.7 Å². The van der Waals surface area contributed by atoms with Crippen LogP contribution in [0, 0.1) is 0 Å². The summed E-state index contributed by atoms with van der Waals surface area (Å²) < 4.78 is 0. The lowest BCUT2D eigenvalue weighted by Crippen LogP contribution is -2.26. The average Bonchev–Trinajstić information content (AvgIpc) is 2.60. The minimum Gasteiger partial charge on any atom is -0.507 e. The number of phenols is 1. The van der Waals surface area contributed by atoms with Crippen molar-refractivity contribution in [3.63, 3.8) is 0 Å². The maximum atomic E-state index is 10.2. The molecule has 0 bridgehead atoms. The zero-order valence-electron chi connectivity index (χ0n) is 14.4. The molecule has 130 valence electrons. The molecular weight excluding hydrogens is 336 g/mol. The van der Waals surface area contributed by atoms with Gasteiger partial charge >= 0.3 is 0 Å². The molecule has 6 heteroatoms. The van der Waals surface area contributed by atoms with Crippen LogP contribution in [-0.2, 0) is 0 Å². The zero-order chi connectivity index (χ0) is 17.8. The molecule has 0 atom stereocenters. The van der Waals surface area contributed by atoms with Crippen LogP contribution in [0.15, 0.2) is 36.5 Å². The molecule has 0 fully saturated rings. The number of anilines is 1. The van der Waals surface area contributed by atoms with E-state index in [0.717, 1.165) is 37.3 Å². The quantitative estimate of drug-likeness (QED) is 0.695. The van der Waals surface area contributed by atoms with Crippen molar-refractivity contribution in [1.82, 2.24) is 15.0 Å². The summed E-state index contributed by atoms with van der Waals surface area (Å²) in [7, 11) is 0. The van der Waals surface area contributed by atoms with Gasteiger partial charge in [-0.25, -0.2) is 15.0 Å². The van der Waals surface area contributed by atoms with Crippen molar-refractivity contribution in [1.29, 1.82) is 0 Å². The van der Waals surface area contributed by atoms with Crippen LogP contribution < -0.4 is 4.90 Å². The van der Waals surface area contributed by atoms with Gasteiger partial charge in [-0.2, -0.15) is 0 Å². The fourth-order valence-electron chi connectivity index (χ4n) is 2.85. The summed E-state index contributed by atoms with van der Waals surface area (Å²) in [5.74, 6) is 1.41. The van der Waals surface area contributed by atoms with Gasteiger partial charge in [-0.3, -0.25) is 0 Å². The highest BCUT2D eigenvalue weighted by Gasteiger charge is 2.17. The lowest BCUT2D eigenvalue weighted by molar-refractivity contribution is 0.477. The Hall–Kier alpha value is -2.40. The minimum atomic E-state index is 0.153. The van der Waals surface area contributed by atoms with E-state index in [4.69, 9.17) is 16.6 Å². The number of halogens is 1. The van der Waals surface area contributed by atoms with Gasteiger partial charge < -0.3 is 10.0 Å². The van der Waals surface area contributed by atoms with Gasteiger partial charge in [-0.05, 0) is 31.0 Å². The fourth-order valence-corrected chi connectivity index (χ4v) is 3.00. The van der Waals surface area contributed by atoms with Crippen LogP contribution in [0.5, 0.6) is 5.75 Å². The average molecular weight is 357 g/mol. The summed E-state index contributed by atoms with van der Waals surface area (Å²) in [6.45, 7) is 6.04. The van der Waals surface area contributed by atoms with Gasteiger partial charge in [0.25, 0.3) is 0 Å². The third kappa shape index (κ3) is 3.66. The summed E-state index contributed by atoms with van der Waals surface area (Å²) in [6, 6.07) is 8.86. The number of rotatable bonds is 6. The molecule has 1 N–H and O–H groups in total. The molecule has 1 aromatic carbocycles. The van der Waals surface area contributed by atoms with Gasteiger partial charge in [0.1, 0.15) is 11.3 Å². The first kappa shape index (κ1) is 17.4. The molecule has 0 aliphatic rings. The predicted octanol–water partition coefficient (Wildman–Crippen LogP) is 4.68. The molecule has 5 nitrogen and oxygen atoms in total. The summed E-state index contributed by atoms with van der Waals surface area (Å²) in [5, 5.41) is 10.7. The zero-order valence-corrected chi connectivity index (χ0v) is 15.2. The highest BCUT2D eigenvalue weighted by atomic mass is 35.5. The molecule has 0 saturated carbocycles. The first-order valence-corrected chi connectivity index (χ1v) is 8.88. The highest BCUT2D eigenvalue weighted by Crippen LogP contribution is 2.31. The Morgan fingerprint density at radius 2 is 1.80 bits per heavy atom. The monoisotopic (exact) mass is 356 g/mol. The third-order valence-electron chi connectivity index (χ3n) is 3.92. The van der Waals surface area contributed by atoms with Crippen molar-refractivity contribution < 1.29 is 5.11 Å². The van der Waals surface area contributed by atoms with E-state index in [1.807, 2.05) is 12.1 Å². The van der Waals surface area contributed by atoms with Gasteiger partial charge in [0, 0.05) is 19.3 Å². The molecule has 3 rings (SSSR count). The van der Waals surface area contributed by atoms with E-state index in [9.17, 15) is 5.11 Å². The third-order valence-corrected chi connectivity index (χ3v) is 4.12. The predicted molar refractivity (Wildman–Crippen MR) is 102 cm³/mol. The topological polar surface area (TPSA) is 62.1 Å². The molecule has 2 aromatic heterocycles. The molecule has 0 spiro atoms. The van der Waals surface area contributed by atoms with Gasteiger partial charge in [0.05, 0.1) is 16.1 Å². The van der Waals surface area contributed by atoms with Crippen LogP contribution in [0.2, 0.25) is 5.02 Å². The number of benzene rings is 1. The number of aromatic nitrogens is 3. The number of fused-ring (bicyclic) bond motifs is 1. The molecule has 0 amide bonds. The molecule has 0 saturated heterocycles. The smallest absolute Gasteiger partial charge is 0.166 e. The van der Waals surface area contributed by atoms with E-state index < -0.39 is 0 Å². The second-order valence-corrected chi connectivity index (χ2v) is 6.33. The first-order chi connectivity index (χ1) is 12.1. The van der Waals surface area contributed by atoms with Crippen molar-refractivity contribution in [3.05, 3.63) is 41.6 Å². The maximum Gasteiger partial charge on any atom is 0.166 e. The van der Waals surface area contributed by atoms with E-state index in [2.05, 4.69) is 28.7 Å². The van der Waals surface area contributed by atoms with Crippen molar-refractivity contribution in [2.75, 3.05) is 18.0 Å². The number of aromatic hydroxyl groups is 1. The van der Waals surface area contributed by atoms with Crippen molar-refractivity contribution >= 4 is 28.5 Å². The lowest BCUT2D eigenvalue weighted by Gasteiger charge is -2.24. The van der Waals surface area contributed by atoms with Crippen molar-refractivity contribution in [2.45, 2.75) is 26.7 Å². The van der Waals surface area contributed by atoms with Crippen LogP contribution in [0.25, 0.3) is 22.4 Å². The first-order valence-electron chi connectivity index (χ1n) is 8.50. The fraction of sp³-hybridized carbons (Fsp3) is 0.316. The Kier molecular flexibility index (Phi) is 5.34. The molecule has 3 aromatic rings. The Morgan fingerprint density at radius 1 is 1.08 bits per heavy atom. The summed E-state index contributed by atoms with van der Waals surface area (Å²) in [5.41, 5.74) is 2.00. The van der Waals surface area contributed by atoms with Crippen LogP contribution in [-0.4, -0.2) is 33.1 Å². The number of hydrogen-bond donors (Lipinski definition) is 1. The lowest BCUT2D eigenvalue weighted by atomic mass is 10.2. The van der Waals surface area contributed by atoms with E-state index in [1.165, 1.54) is 0 Å². The Bertz CT molecular complexity index is 878. The number of nitrogens with zero attached hydrogens (tertiary/aromatic N) is 4. The number of hydrogen-bond acceptors (Lipinski definition) is 5. The summed E-state index contributed by atoms with van der Waals surface area (Å²) in [6.07, 6.45) is 3.63. The van der Waals surface area contributed by atoms with E-state index >= 15 is 0 Å². The number of para-hydroxylation sites is 1. The molecule has 0 radical (unpaired) electrons. The summed E-state index contributed by atoms with van der Waals surface area (Å²) in [4.78, 5) is 16.0. The Labute approximate surface area is 152 Å². The molecule has 0 aliphatic carbocycles. The molecular formula is C19H21ClN4O. The SMILES string of the molecule is CCCN(CCC)c1nc(-c2ccccc2O)nc2cc(Cl)cnc12. The normalized spacial score (nSPS) is 11.0. The minimum absolute atomic E-state index is 0.153. The van der Waals surface area contributed by atoms with Gasteiger partial charge in [0.2, 0.25) is 0 Å². The van der Waals surface area contributed by atoms with E-state index in [0.29, 0.717) is 21.9 Å². The second-order valence-electron chi connectivity index (χ2n) is 5.90. The van der Waals surface area contributed by atoms with Gasteiger partial charge in [-0.1, -0.05) is 37.6 Å². The highest BCUT2D eigenvalue weighted by molar-refractivity contribution is 6.31. The van der Waals surface area contributed by atoms with E-state index in [-0.39, 0.29) is 5.75 Å². The molecule has 2 heterocycles. The largest absolute Gasteiger partial charge is 0.507 e. The standard InChI is InChI=1S/C19H21ClN4O/c1-3-9-24(10-4-2)19-17-15(11-13(20)12-21-17)22-18(23-19)14-7-5-6-8-16(14)25/h5-8,11-12,25H,3-4,9-10H2,1-2H3. The van der Waals surface area contributed by atoms with Crippen molar-refractivity contribution in [2.24, 2.45) is 0 Å². The maximum absolute atomic E-state index is 10.2. The summed E-state index contributed by atoms with van der Waals surface area (Å²) >= 11 is 6.12. The second kappa shape index (κ2) is 7.66. The number of phenolic OH excluding ortho intramolecular Hbond substituents is 1. The van der Waals surface area contributed by atoms with E-state index in [1.54, 1.807) is 24.4 Å². The Morgan fingerprint density at radius 3 is 2.48 bits per heavy atom. The molecule has 0 aliphatic heterocycles. The van der Waals surface area contributed by atoms with Crippen LogP contribution in [0.4, 0.5) is 5.82 Å². The van der Waals surface area contributed by atoms with Crippen LogP contribution in [0.3, 0.4) is 0 Å². The molecule has 25 heavy (non-hydrogen) atoms.